The van der Waals surface area contributed by atoms with Gasteiger partial charge in [-0.05, 0) is 0 Å². The van der Waals surface area contributed by atoms with Gasteiger partial charge in [0, 0.05) is 21.3 Å². The maximum Gasteiger partial charge on any atom is 0.424 e. The Labute approximate surface area is 80.5 Å². The van der Waals surface area contributed by atoms with Crippen LogP contribution in [0, 0.1) is 0 Å². The first-order valence-corrected chi connectivity index (χ1v) is 9.31. The van der Waals surface area contributed by atoms with Gasteiger partial charge in [0.2, 0.25) is 0 Å². The van der Waals surface area contributed by atoms with Gasteiger partial charge >= 0.3 is 21.3 Å². The van der Waals surface area contributed by atoms with Gasteiger partial charge in [-0.3, -0.25) is 4.57 Å². The molecule has 0 rings (SSSR count). The summed E-state index contributed by atoms with van der Waals surface area (Å²) in [6.07, 6.45) is 0. The lowest BCUT2D eigenvalue weighted by Crippen LogP contribution is -1.94. The lowest BCUT2D eigenvalue weighted by Gasteiger charge is -2.22. The SMILES string of the molecule is COP(=O)(OC)P(=O)(OC)P(=O)(O)O. The summed E-state index contributed by atoms with van der Waals surface area (Å²) < 4.78 is 46.5. The van der Waals surface area contributed by atoms with Crippen LogP contribution in [0.2, 0.25) is 0 Å². The normalized spacial score (nSPS) is 17.8. The highest BCUT2D eigenvalue weighted by Crippen LogP contribution is 2.97. The molecule has 0 aromatic rings. The van der Waals surface area contributed by atoms with E-state index in [1.165, 1.54) is 0 Å². The number of rotatable bonds is 5. The van der Waals surface area contributed by atoms with Crippen molar-refractivity contribution in [3.8, 4) is 0 Å². The summed E-state index contributed by atoms with van der Waals surface area (Å²) in [7, 11) is -7.22. The van der Waals surface area contributed by atoms with Crippen LogP contribution in [0.1, 0.15) is 0 Å². The maximum atomic E-state index is 11.6. The Hall–Kier alpha value is 0.490. The summed E-state index contributed by atoms with van der Waals surface area (Å²) >= 11 is 0. The fourth-order valence-electron chi connectivity index (χ4n) is 0.630. The second-order valence-electron chi connectivity index (χ2n) is 2.02. The van der Waals surface area contributed by atoms with E-state index in [9.17, 15) is 13.7 Å². The van der Waals surface area contributed by atoms with E-state index in [4.69, 9.17) is 9.79 Å². The van der Waals surface area contributed by atoms with Crippen molar-refractivity contribution in [3.63, 3.8) is 0 Å². The van der Waals surface area contributed by atoms with Gasteiger partial charge in [0.05, 0.1) is 0 Å². The van der Waals surface area contributed by atoms with Crippen molar-refractivity contribution >= 4 is 21.3 Å². The van der Waals surface area contributed by atoms with Crippen molar-refractivity contribution in [2.75, 3.05) is 21.3 Å². The van der Waals surface area contributed by atoms with Crippen LogP contribution >= 0.6 is 21.3 Å². The first-order chi connectivity index (χ1) is 6.18. The van der Waals surface area contributed by atoms with E-state index in [0.29, 0.717) is 0 Å². The fraction of sp³-hybridized carbons (Fsp3) is 1.00. The van der Waals surface area contributed by atoms with Crippen LogP contribution in [-0.4, -0.2) is 31.1 Å². The smallest absolute Gasteiger partial charge is 0.317 e. The molecule has 0 heterocycles. The first-order valence-electron chi connectivity index (χ1n) is 3.12. The molecule has 0 saturated carbocycles. The molecule has 0 bridgehead atoms. The highest BCUT2D eigenvalue weighted by atomic mass is 32.5. The highest BCUT2D eigenvalue weighted by Gasteiger charge is 2.60. The van der Waals surface area contributed by atoms with E-state index in [1.54, 1.807) is 0 Å². The van der Waals surface area contributed by atoms with Crippen LogP contribution in [0.25, 0.3) is 0 Å². The lowest BCUT2D eigenvalue weighted by atomic mass is 11.8. The second kappa shape index (κ2) is 4.56. The minimum Gasteiger partial charge on any atom is -0.317 e. The van der Waals surface area contributed by atoms with Gasteiger partial charge in [-0.25, -0.2) is 9.13 Å². The Morgan fingerprint density at radius 3 is 1.29 bits per heavy atom. The van der Waals surface area contributed by atoms with Crippen molar-refractivity contribution in [2.45, 2.75) is 0 Å². The summed E-state index contributed by atoms with van der Waals surface area (Å²) in [5.74, 6) is 0. The molecule has 0 amide bonds. The van der Waals surface area contributed by atoms with Crippen LogP contribution in [-0.2, 0) is 27.3 Å². The van der Waals surface area contributed by atoms with Crippen molar-refractivity contribution in [3.05, 3.63) is 0 Å². The molecule has 0 aromatic heterocycles. The van der Waals surface area contributed by atoms with E-state index < -0.39 is 21.3 Å². The minimum atomic E-state index is -5.22. The third-order valence-corrected chi connectivity index (χ3v) is 13.9. The summed E-state index contributed by atoms with van der Waals surface area (Å²) in [6, 6.07) is 0. The molecule has 0 aliphatic heterocycles. The summed E-state index contributed by atoms with van der Waals surface area (Å²) in [5, 5.41) is 0. The molecule has 0 spiro atoms. The predicted molar refractivity (Wildman–Crippen MR) is 48.3 cm³/mol. The monoisotopic (exact) mass is 268 g/mol. The quantitative estimate of drug-likeness (QED) is 0.718. The molecular weight excluding hydrogens is 257 g/mol. The molecule has 8 nitrogen and oxygen atoms in total. The molecule has 11 heteroatoms. The van der Waals surface area contributed by atoms with Crippen LogP contribution in [0.5, 0.6) is 0 Å². The van der Waals surface area contributed by atoms with E-state index in [-0.39, 0.29) is 0 Å². The van der Waals surface area contributed by atoms with Crippen molar-refractivity contribution in [1.82, 2.24) is 0 Å². The average molecular weight is 268 g/mol. The van der Waals surface area contributed by atoms with E-state index in [2.05, 4.69) is 13.6 Å². The van der Waals surface area contributed by atoms with Crippen molar-refractivity contribution in [1.29, 1.82) is 0 Å². The minimum absolute atomic E-state index is 0.755. The third kappa shape index (κ3) is 2.18. The van der Waals surface area contributed by atoms with Gasteiger partial charge in [0.1, 0.15) is 0 Å². The maximum absolute atomic E-state index is 11.6. The summed E-state index contributed by atoms with van der Waals surface area (Å²) in [6.45, 7) is -4.83. The van der Waals surface area contributed by atoms with Gasteiger partial charge in [-0.1, -0.05) is 0 Å². The topological polar surface area (TPSA) is 119 Å². The van der Waals surface area contributed by atoms with Gasteiger partial charge in [0.15, 0.2) is 0 Å². The Morgan fingerprint density at radius 2 is 1.21 bits per heavy atom. The Morgan fingerprint density at radius 1 is 0.857 bits per heavy atom. The summed E-state index contributed by atoms with van der Waals surface area (Å²) in [4.78, 5) is 17.5. The highest BCUT2D eigenvalue weighted by molar-refractivity contribution is 8.60. The Bertz CT molecular complexity index is 321. The molecule has 0 aliphatic carbocycles. The Kier molecular flexibility index (Phi) is 4.72. The second-order valence-corrected chi connectivity index (χ2v) is 13.2. The number of hydrogen-bond acceptors (Lipinski definition) is 6. The summed E-state index contributed by atoms with van der Waals surface area (Å²) in [5.41, 5.74) is 0. The van der Waals surface area contributed by atoms with Crippen LogP contribution in [0.4, 0.5) is 0 Å². The molecular formula is C3H11O8P3. The first kappa shape index (κ1) is 14.5. The third-order valence-electron chi connectivity index (χ3n) is 1.34. The van der Waals surface area contributed by atoms with Crippen LogP contribution in [0.3, 0.4) is 0 Å². The molecule has 2 N–H and O–H groups in total. The molecule has 86 valence electrons. The van der Waals surface area contributed by atoms with E-state index in [1.807, 2.05) is 0 Å². The zero-order valence-electron chi connectivity index (χ0n) is 7.69. The fourth-order valence-corrected chi connectivity index (χ4v) is 9.11. The molecule has 0 fully saturated rings. The molecule has 14 heavy (non-hydrogen) atoms. The van der Waals surface area contributed by atoms with Crippen molar-refractivity contribution < 1.29 is 37.1 Å². The average Bonchev–Trinajstić information content (AvgIpc) is 2.13. The standard InChI is InChI=1S/C3H11O8P3/c1-9-13(7,10-2)14(8,11-3)12(4,5)6/h1-3H3,(H2,4,5,6). The molecule has 0 aliphatic rings. The van der Waals surface area contributed by atoms with E-state index >= 15 is 0 Å². The van der Waals surface area contributed by atoms with Crippen molar-refractivity contribution in [2.24, 2.45) is 0 Å². The van der Waals surface area contributed by atoms with Gasteiger partial charge in [-0.15, -0.1) is 0 Å². The lowest BCUT2D eigenvalue weighted by molar-refractivity contribution is 0.281. The van der Waals surface area contributed by atoms with E-state index in [0.717, 1.165) is 21.3 Å². The molecule has 1 atom stereocenters. The largest absolute Gasteiger partial charge is 0.424 e. The zero-order valence-corrected chi connectivity index (χ0v) is 10.4. The predicted octanol–water partition coefficient (Wildman–Crippen LogP) is 1.40. The number of hydrogen-bond donors (Lipinski definition) is 2. The molecule has 0 aromatic carbocycles. The van der Waals surface area contributed by atoms with Crippen LogP contribution < -0.4 is 0 Å². The molecule has 0 saturated heterocycles. The molecule has 0 radical (unpaired) electrons. The molecule has 1 unspecified atom stereocenters. The van der Waals surface area contributed by atoms with Gasteiger partial charge < -0.3 is 23.4 Å². The van der Waals surface area contributed by atoms with Crippen LogP contribution in [0.15, 0.2) is 0 Å². The Balaban J connectivity index is 5.60. The zero-order chi connectivity index (χ0) is 11.6. The van der Waals surface area contributed by atoms with Gasteiger partial charge in [-0.2, -0.15) is 0 Å². The van der Waals surface area contributed by atoms with Gasteiger partial charge in [0.25, 0.3) is 0 Å².